The average molecular weight is 293 g/mol. The van der Waals surface area contributed by atoms with Crippen LogP contribution in [0.1, 0.15) is 22.5 Å². The molecule has 2 aromatic heterocycles. The quantitative estimate of drug-likeness (QED) is 0.595. The van der Waals surface area contributed by atoms with Gasteiger partial charge in [0, 0.05) is 23.7 Å². The molecule has 1 aromatic carbocycles. The average Bonchev–Trinajstić information content (AvgIpc) is 2.73. The highest BCUT2D eigenvalue weighted by Crippen LogP contribution is 2.19. The van der Waals surface area contributed by atoms with Crippen LogP contribution < -0.4 is 5.43 Å². The summed E-state index contributed by atoms with van der Waals surface area (Å²) in [7, 11) is 1.93. The van der Waals surface area contributed by atoms with E-state index >= 15 is 0 Å². The zero-order valence-electron chi connectivity index (χ0n) is 13.3. The third-order valence-corrected chi connectivity index (χ3v) is 3.86. The van der Waals surface area contributed by atoms with Gasteiger partial charge in [0.05, 0.1) is 17.4 Å². The van der Waals surface area contributed by atoms with Crippen LogP contribution in [0.5, 0.6) is 0 Å². The second-order valence-corrected chi connectivity index (χ2v) is 5.42. The second kappa shape index (κ2) is 5.60. The lowest BCUT2D eigenvalue weighted by Gasteiger charge is -2.05. The van der Waals surface area contributed by atoms with Gasteiger partial charge in [-0.1, -0.05) is 18.2 Å². The summed E-state index contributed by atoms with van der Waals surface area (Å²) in [6.45, 7) is 6.08. The Morgan fingerprint density at radius 2 is 1.95 bits per heavy atom. The number of hydrogen-bond donors (Lipinski definition) is 1. The predicted molar refractivity (Wildman–Crippen MR) is 90.4 cm³/mol. The Bertz CT molecular complexity index is 861. The zero-order valence-corrected chi connectivity index (χ0v) is 13.3. The molecule has 3 rings (SSSR count). The maximum absolute atomic E-state index is 4.57. The predicted octanol–water partition coefficient (Wildman–Crippen LogP) is 3.34. The van der Waals surface area contributed by atoms with Gasteiger partial charge in [0.15, 0.2) is 0 Å². The summed E-state index contributed by atoms with van der Waals surface area (Å²) in [5.74, 6) is 0.742. The number of nitrogens with one attached hydrogen (secondary N) is 1. The molecular weight excluding hydrogens is 274 g/mol. The normalized spacial score (nSPS) is 11.5. The third kappa shape index (κ3) is 2.57. The van der Waals surface area contributed by atoms with Gasteiger partial charge in [-0.2, -0.15) is 10.2 Å². The van der Waals surface area contributed by atoms with Crippen molar-refractivity contribution >= 4 is 22.9 Å². The fourth-order valence-electron chi connectivity index (χ4n) is 2.55. The Balaban J connectivity index is 1.86. The highest BCUT2D eigenvalue weighted by atomic mass is 15.3. The Morgan fingerprint density at radius 3 is 2.68 bits per heavy atom. The van der Waals surface area contributed by atoms with E-state index in [2.05, 4.69) is 33.6 Å². The van der Waals surface area contributed by atoms with Crippen LogP contribution in [0.2, 0.25) is 0 Å². The van der Waals surface area contributed by atoms with E-state index in [-0.39, 0.29) is 0 Å². The van der Waals surface area contributed by atoms with Gasteiger partial charge in [-0.05, 0) is 38.5 Å². The van der Waals surface area contributed by atoms with Crippen molar-refractivity contribution in [3.63, 3.8) is 0 Å². The van der Waals surface area contributed by atoms with E-state index in [1.807, 2.05) is 49.8 Å². The molecule has 0 bridgehead atoms. The number of hydrazone groups is 1. The molecule has 2 heterocycles. The van der Waals surface area contributed by atoms with Gasteiger partial charge in [-0.3, -0.25) is 10.1 Å². The Labute approximate surface area is 129 Å². The standard InChI is InChI=1S/C17H19N5/c1-11-9-17(19-16-8-6-5-7-14(11)16)20-18-10-15-12(2)21-22(4)13(15)3/h5-10H,1-4H3,(H,19,20)/b18-10+. The molecule has 0 saturated heterocycles. The van der Waals surface area contributed by atoms with Gasteiger partial charge in [-0.15, -0.1) is 0 Å². The first-order chi connectivity index (χ1) is 10.6. The van der Waals surface area contributed by atoms with Crippen LogP contribution in [-0.2, 0) is 7.05 Å². The largest absolute Gasteiger partial charge is 0.272 e. The maximum Gasteiger partial charge on any atom is 0.147 e. The van der Waals surface area contributed by atoms with Gasteiger partial charge in [0.25, 0.3) is 0 Å². The Kier molecular flexibility index (Phi) is 3.63. The summed E-state index contributed by atoms with van der Waals surface area (Å²) < 4.78 is 1.86. The SMILES string of the molecule is Cc1nn(C)c(C)c1/C=N/Nc1cc(C)c2ccccc2n1. The first kappa shape index (κ1) is 14.3. The van der Waals surface area contributed by atoms with Crippen LogP contribution in [0.25, 0.3) is 10.9 Å². The van der Waals surface area contributed by atoms with Gasteiger partial charge in [-0.25, -0.2) is 4.98 Å². The van der Waals surface area contributed by atoms with Crippen molar-refractivity contribution in [1.82, 2.24) is 14.8 Å². The van der Waals surface area contributed by atoms with Gasteiger partial charge in [0.1, 0.15) is 5.82 Å². The van der Waals surface area contributed by atoms with Crippen LogP contribution >= 0.6 is 0 Å². The smallest absolute Gasteiger partial charge is 0.147 e. The number of rotatable bonds is 3. The van der Waals surface area contributed by atoms with Crippen molar-refractivity contribution in [3.05, 3.63) is 52.8 Å². The third-order valence-electron chi connectivity index (χ3n) is 3.86. The van der Waals surface area contributed by atoms with Gasteiger partial charge in [0.2, 0.25) is 0 Å². The Hall–Kier alpha value is -2.69. The molecule has 0 radical (unpaired) electrons. The fourth-order valence-corrected chi connectivity index (χ4v) is 2.55. The van der Waals surface area contributed by atoms with Crippen LogP contribution in [0.4, 0.5) is 5.82 Å². The molecule has 0 aliphatic rings. The van der Waals surface area contributed by atoms with Crippen LogP contribution in [0, 0.1) is 20.8 Å². The summed E-state index contributed by atoms with van der Waals surface area (Å²) >= 11 is 0. The van der Waals surface area contributed by atoms with Crippen molar-refractivity contribution in [2.75, 3.05) is 5.43 Å². The molecule has 0 atom stereocenters. The molecule has 0 saturated carbocycles. The number of nitrogens with zero attached hydrogens (tertiary/aromatic N) is 4. The minimum atomic E-state index is 0.742. The van der Waals surface area contributed by atoms with Crippen LogP contribution in [0.15, 0.2) is 35.4 Å². The van der Waals surface area contributed by atoms with Crippen molar-refractivity contribution in [1.29, 1.82) is 0 Å². The van der Waals surface area contributed by atoms with E-state index < -0.39 is 0 Å². The topological polar surface area (TPSA) is 55.1 Å². The second-order valence-electron chi connectivity index (χ2n) is 5.42. The van der Waals surface area contributed by atoms with E-state index in [0.29, 0.717) is 0 Å². The molecule has 5 nitrogen and oxygen atoms in total. The van der Waals surface area contributed by atoms with E-state index in [9.17, 15) is 0 Å². The summed E-state index contributed by atoms with van der Waals surface area (Å²) in [5, 5.41) is 9.84. The minimum Gasteiger partial charge on any atom is -0.272 e. The molecule has 0 amide bonds. The lowest BCUT2D eigenvalue weighted by atomic mass is 10.1. The number of aromatic nitrogens is 3. The molecule has 5 heteroatoms. The summed E-state index contributed by atoms with van der Waals surface area (Å²) in [6.07, 6.45) is 1.80. The van der Waals surface area contributed by atoms with Crippen molar-refractivity contribution in [2.24, 2.45) is 12.1 Å². The molecule has 22 heavy (non-hydrogen) atoms. The van der Waals surface area contributed by atoms with Gasteiger partial charge < -0.3 is 0 Å². The molecule has 0 aliphatic heterocycles. The molecule has 0 unspecified atom stereocenters. The zero-order chi connectivity index (χ0) is 15.7. The monoisotopic (exact) mass is 293 g/mol. The van der Waals surface area contributed by atoms with Crippen LogP contribution in [-0.4, -0.2) is 21.0 Å². The highest BCUT2D eigenvalue weighted by Gasteiger charge is 2.06. The van der Waals surface area contributed by atoms with E-state index in [4.69, 9.17) is 0 Å². The van der Waals surface area contributed by atoms with E-state index in [1.165, 1.54) is 5.56 Å². The molecular formula is C17H19N5. The maximum atomic E-state index is 4.57. The number of pyridine rings is 1. The molecule has 0 spiro atoms. The first-order valence-electron chi connectivity index (χ1n) is 7.22. The molecule has 0 fully saturated rings. The van der Waals surface area contributed by atoms with E-state index in [0.717, 1.165) is 33.7 Å². The van der Waals surface area contributed by atoms with Gasteiger partial charge >= 0.3 is 0 Å². The summed E-state index contributed by atoms with van der Waals surface area (Å²) in [5.41, 5.74) is 8.24. The molecule has 1 N–H and O–H groups in total. The van der Waals surface area contributed by atoms with Crippen LogP contribution in [0.3, 0.4) is 0 Å². The summed E-state index contributed by atoms with van der Waals surface area (Å²) in [4.78, 5) is 4.57. The molecule has 0 aliphatic carbocycles. The highest BCUT2D eigenvalue weighted by molar-refractivity contribution is 5.85. The van der Waals surface area contributed by atoms with E-state index in [1.54, 1.807) is 6.21 Å². The number of aryl methyl sites for hydroxylation is 3. The lowest BCUT2D eigenvalue weighted by Crippen LogP contribution is -1.97. The number of anilines is 1. The Morgan fingerprint density at radius 1 is 1.18 bits per heavy atom. The first-order valence-corrected chi connectivity index (χ1v) is 7.22. The fraction of sp³-hybridized carbons (Fsp3) is 0.235. The number of fused-ring (bicyclic) bond motifs is 1. The number of para-hydroxylation sites is 1. The van der Waals surface area contributed by atoms with Crippen molar-refractivity contribution in [3.8, 4) is 0 Å². The van der Waals surface area contributed by atoms with Crippen molar-refractivity contribution in [2.45, 2.75) is 20.8 Å². The minimum absolute atomic E-state index is 0.742. The lowest BCUT2D eigenvalue weighted by molar-refractivity contribution is 0.731. The van der Waals surface area contributed by atoms with Crippen molar-refractivity contribution < 1.29 is 0 Å². The number of benzene rings is 1. The molecule has 3 aromatic rings. The molecule has 112 valence electrons. The summed E-state index contributed by atoms with van der Waals surface area (Å²) in [6, 6.07) is 10.1. The number of hydrogen-bond acceptors (Lipinski definition) is 4.